The Morgan fingerprint density at radius 3 is 1.43 bits per heavy atom. The van der Waals surface area contributed by atoms with Gasteiger partial charge in [-0.3, -0.25) is 9.59 Å². The predicted molar refractivity (Wildman–Crippen MR) is 113 cm³/mol. The Hall–Kier alpha value is -1.10. The smallest absolute Gasteiger partial charge is 0.306 e. The van der Waals surface area contributed by atoms with Gasteiger partial charge in [0.2, 0.25) is 0 Å². The molecular weight excluding hydrogens is 356 g/mol. The maximum atomic E-state index is 11.7. The summed E-state index contributed by atoms with van der Waals surface area (Å²) in [6.45, 7) is 4.41. The molecule has 0 aliphatic heterocycles. The zero-order chi connectivity index (χ0) is 21.2. The largest absolute Gasteiger partial charge is 0.481 e. The molecule has 0 aliphatic carbocycles. The molecule has 0 aromatic heterocycles. The molecule has 0 fully saturated rings. The van der Waals surface area contributed by atoms with Crippen LogP contribution in [-0.2, 0) is 9.59 Å². The molecule has 0 radical (unpaired) electrons. The number of hydrogen-bond donors (Lipinski definition) is 3. The van der Waals surface area contributed by atoms with E-state index in [-0.39, 0.29) is 24.4 Å². The van der Waals surface area contributed by atoms with Crippen molar-refractivity contribution in [3.8, 4) is 0 Å². The van der Waals surface area contributed by atoms with E-state index in [1.807, 2.05) is 0 Å². The van der Waals surface area contributed by atoms with Gasteiger partial charge in [0.25, 0.3) is 0 Å². The molecular formula is C23H44O5. The molecule has 5 nitrogen and oxygen atoms in total. The lowest BCUT2D eigenvalue weighted by atomic mass is 9.81. The third-order valence-electron chi connectivity index (χ3n) is 5.77. The highest BCUT2D eigenvalue weighted by atomic mass is 16.4. The van der Waals surface area contributed by atoms with Crippen molar-refractivity contribution in [2.24, 2.45) is 17.8 Å². The molecule has 28 heavy (non-hydrogen) atoms. The van der Waals surface area contributed by atoms with Crippen LogP contribution in [0.4, 0.5) is 0 Å². The quantitative estimate of drug-likeness (QED) is 0.222. The summed E-state index contributed by atoms with van der Waals surface area (Å²) in [6, 6.07) is 0. The Balaban J connectivity index is 4.83. The van der Waals surface area contributed by atoms with Gasteiger partial charge in [-0.1, -0.05) is 78.1 Å². The summed E-state index contributed by atoms with van der Waals surface area (Å²) in [7, 11) is 0. The molecule has 0 heterocycles. The first-order chi connectivity index (χ1) is 13.5. The lowest BCUT2D eigenvalue weighted by molar-refractivity contribution is -0.143. The Bertz CT molecular complexity index is 364. The van der Waals surface area contributed by atoms with E-state index in [9.17, 15) is 19.8 Å². The topological polar surface area (TPSA) is 94.8 Å². The predicted octanol–water partition coefficient (Wildman–Crippen LogP) is 5.89. The molecule has 2 unspecified atom stereocenters. The van der Waals surface area contributed by atoms with Crippen LogP contribution in [0, 0.1) is 17.8 Å². The molecule has 0 aromatic rings. The van der Waals surface area contributed by atoms with E-state index in [0.717, 1.165) is 64.2 Å². The van der Waals surface area contributed by atoms with Crippen LogP contribution in [-0.4, -0.2) is 33.9 Å². The van der Waals surface area contributed by atoms with E-state index in [1.54, 1.807) is 0 Å². The lowest BCUT2D eigenvalue weighted by Crippen LogP contribution is -2.23. The van der Waals surface area contributed by atoms with Crippen molar-refractivity contribution < 1.29 is 24.9 Å². The van der Waals surface area contributed by atoms with Crippen LogP contribution in [0.5, 0.6) is 0 Å². The minimum absolute atomic E-state index is 0.103. The zero-order valence-corrected chi connectivity index (χ0v) is 18.2. The first-order valence-electron chi connectivity index (χ1n) is 11.5. The summed E-state index contributed by atoms with van der Waals surface area (Å²) in [5.74, 6) is -2.17. The fraction of sp³-hybridized carbons (Fsp3) is 0.913. The average molecular weight is 401 g/mol. The first-order valence-corrected chi connectivity index (χ1v) is 11.5. The van der Waals surface area contributed by atoms with Gasteiger partial charge in [-0.15, -0.1) is 0 Å². The average Bonchev–Trinajstić information content (AvgIpc) is 2.65. The molecule has 2 atom stereocenters. The second-order valence-corrected chi connectivity index (χ2v) is 8.33. The number of hydrogen-bond acceptors (Lipinski definition) is 3. The number of unbranched alkanes of at least 4 members (excludes halogenated alkanes) is 7. The highest BCUT2D eigenvalue weighted by Gasteiger charge is 2.27. The van der Waals surface area contributed by atoms with Crippen LogP contribution in [0.1, 0.15) is 110 Å². The normalized spacial score (nSPS) is 14.5. The zero-order valence-electron chi connectivity index (χ0n) is 18.2. The summed E-state index contributed by atoms with van der Waals surface area (Å²) in [5, 5.41) is 28.3. The minimum Gasteiger partial charge on any atom is -0.481 e. The van der Waals surface area contributed by atoms with Gasteiger partial charge in [-0.25, -0.2) is 0 Å². The summed E-state index contributed by atoms with van der Waals surface area (Å²) in [6.07, 6.45) is 13.3. The maximum absolute atomic E-state index is 11.7. The molecule has 0 saturated carbocycles. The van der Waals surface area contributed by atoms with Crippen molar-refractivity contribution in [1.82, 2.24) is 0 Å². The number of aliphatic carboxylic acids is 2. The van der Waals surface area contributed by atoms with E-state index in [1.165, 1.54) is 0 Å². The standard InChI is InChI=1S/C23H44O5/c1-3-5-7-9-14-20(22(25)26)17-19(13-11-12-16-24)18-21(23(27)28)15-10-8-6-4-2/h19-21,24H,3-18H2,1-2H3,(H,25,26)(H,27,28). The van der Waals surface area contributed by atoms with Crippen molar-refractivity contribution in [2.75, 3.05) is 6.61 Å². The number of carboxylic acids is 2. The molecule has 0 rings (SSSR count). The lowest BCUT2D eigenvalue weighted by Gasteiger charge is -2.24. The van der Waals surface area contributed by atoms with Gasteiger partial charge in [-0.2, -0.15) is 0 Å². The van der Waals surface area contributed by atoms with E-state index in [2.05, 4.69) is 13.8 Å². The summed E-state index contributed by atoms with van der Waals surface area (Å²) in [5.41, 5.74) is 0. The van der Waals surface area contributed by atoms with Gasteiger partial charge >= 0.3 is 11.9 Å². The van der Waals surface area contributed by atoms with E-state index in [4.69, 9.17) is 5.11 Å². The van der Waals surface area contributed by atoms with Crippen LogP contribution < -0.4 is 0 Å². The van der Waals surface area contributed by atoms with Crippen LogP contribution in [0.3, 0.4) is 0 Å². The Kier molecular flexibility index (Phi) is 17.3. The molecule has 0 saturated heterocycles. The fourth-order valence-electron chi connectivity index (χ4n) is 4.00. The monoisotopic (exact) mass is 400 g/mol. The first kappa shape index (κ1) is 26.9. The highest BCUT2D eigenvalue weighted by Crippen LogP contribution is 2.30. The van der Waals surface area contributed by atoms with Gasteiger partial charge < -0.3 is 15.3 Å². The Labute approximate surface area is 171 Å². The summed E-state index contributed by atoms with van der Waals surface area (Å²) < 4.78 is 0. The van der Waals surface area contributed by atoms with E-state index < -0.39 is 11.9 Å². The number of aliphatic hydroxyl groups is 1. The molecule has 166 valence electrons. The number of rotatable bonds is 20. The molecule has 0 aliphatic rings. The second-order valence-electron chi connectivity index (χ2n) is 8.33. The van der Waals surface area contributed by atoms with Crippen molar-refractivity contribution in [3.05, 3.63) is 0 Å². The van der Waals surface area contributed by atoms with E-state index in [0.29, 0.717) is 32.1 Å². The van der Waals surface area contributed by atoms with E-state index >= 15 is 0 Å². The van der Waals surface area contributed by atoms with Crippen molar-refractivity contribution in [1.29, 1.82) is 0 Å². The van der Waals surface area contributed by atoms with Gasteiger partial charge in [0.15, 0.2) is 0 Å². The van der Waals surface area contributed by atoms with Crippen LogP contribution in [0.2, 0.25) is 0 Å². The Morgan fingerprint density at radius 1 is 0.643 bits per heavy atom. The maximum Gasteiger partial charge on any atom is 0.306 e. The Morgan fingerprint density at radius 2 is 1.07 bits per heavy atom. The van der Waals surface area contributed by atoms with Crippen molar-refractivity contribution in [3.63, 3.8) is 0 Å². The number of carbonyl (C=O) groups is 2. The summed E-state index contributed by atoms with van der Waals surface area (Å²) >= 11 is 0. The van der Waals surface area contributed by atoms with Crippen LogP contribution >= 0.6 is 0 Å². The van der Waals surface area contributed by atoms with Crippen LogP contribution in [0.25, 0.3) is 0 Å². The molecule has 5 heteroatoms. The fourth-order valence-corrected chi connectivity index (χ4v) is 4.00. The van der Waals surface area contributed by atoms with Crippen molar-refractivity contribution in [2.45, 2.75) is 110 Å². The number of carboxylic acid groups (broad SMARTS) is 2. The molecule has 3 N–H and O–H groups in total. The third-order valence-corrected chi connectivity index (χ3v) is 5.77. The second kappa shape index (κ2) is 18.0. The summed E-state index contributed by atoms with van der Waals surface area (Å²) in [4.78, 5) is 23.5. The third kappa shape index (κ3) is 14.0. The van der Waals surface area contributed by atoms with Gasteiger partial charge in [0.05, 0.1) is 11.8 Å². The van der Waals surface area contributed by atoms with Crippen LogP contribution in [0.15, 0.2) is 0 Å². The SMILES string of the molecule is CCCCCCC(CC(CCCCO)CC(CCCCCC)C(=O)O)C(=O)O. The minimum atomic E-state index is -0.751. The van der Waals surface area contributed by atoms with Crippen molar-refractivity contribution >= 4 is 11.9 Å². The molecule has 0 amide bonds. The number of aliphatic hydroxyl groups excluding tert-OH is 1. The molecule has 0 aromatic carbocycles. The molecule has 0 spiro atoms. The molecule has 0 bridgehead atoms. The van der Waals surface area contributed by atoms with Gasteiger partial charge in [0.1, 0.15) is 0 Å². The van der Waals surface area contributed by atoms with Gasteiger partial charge in [-0.05, 0) is 38.0 Å². The van der Waals surface area contributed by atoms with Gasteiger partial charge in [0, 0.05) is 6.61 Å². The highest BCUT2D eigenvalue weighted by molar-refractivity contribution is 5.70.